The van der Waals surface area contributed by atoms with Gasteiger partial charge in [0, 0.05) is 37.6 Å². The predicted molar refractivity (Wildman–Crippen MR) is 99.2 cm³/mol. The maximum atomic E-state index is 13.3. The van der Waals surface area contributed by atoms with Crippen LogP contribution in [0.15, 0.2) is 47.6 Å². The van der Waals surface area contributed by atoms with E-state index in [1.807, 2.05) is 0 Å². The van der Waals surface area contributed by atoms with E-state index in [9.17, 15) is 17.6 Å². The van der Waals surface area contributed by atoms with E-state index in [4.69, 9.17) is 0 Å². The summed E-state index contributed by atoms with van der Waals surface area (Å²) >= 11 is 0. The van der Waals surface area contributed by atoms with Crippen LogP contribution < -0.4 is 4.72 Å². The van der Waals surface area contributed by atoms with Gasteiger partial charge in [-0.2, -0.15) is 0 Å². The number of aryl methyl sites for hydroxylation is 1. The molecule has 8 heteroatoms. The maximum Gasteiger partial charge on any atom is 0.253 e. The first-order chi connectivity index (χ1) is 12.9. The largest absolute Gasteiger partial charge is 0.339 e. The van der Waals surface area contributed by atoms with Gasteiger partial charge in [-0.3, -0.25) is 9.78 Å². The van der Waals surface area contributed by atoms with Gasteiger partial charge in [0.15, 0.2) is 0 Å². The number of carbonyl (C=O) groups is 1. The zero-order chi connectivity index (χ0) is 19.4. The van der Waals surface area contributed by atoms with Crippen LogP contribution in [0.1, 0.15) is 28.8 Å². The summed E-state index contributed by atoms with van der Waals surface area (Å²) < 4.78 is 40.7. The van der Waals surface area contributed by atoms with Crippen molar-refractivity contribution in [2.45, 2.75) is 24.7 Å². The lowest BCUT2D eigenvalue weighted by Gasteiger charge is -2.32. The highest BCUT2D eigenvalue weighted by atomic mass is 32.2. The summed E-state index contributed by atoms with van der Waals surface area (Å²) in [4.78, 5) is 18.2. The SMILES string of the molecule is Cc1cc(S(=O)(=O)NCC2CCN(C(=O)c3ccncc3)CC2)ccc1F. The van der Waals surface area contributed by atoms with Gasteiger partial charge in [-0.05, 0) is 61.6 Å². The van der Waals surface area contributed by atoms with E-state index in [1.54, 1.807) is 29.4 Å². The molecule has 6 nitrogen and oxygen atoms in total. The van der Waals surface area contributed by atoms with Crippen LogP contribution in [0.25, 0.3) is 0 Å². The van der Waals surface area contributed by atoms with E-state index in [2.05, 4.69) is 9.71 Å². The Bertz CT molecular complexity index is 911. The standard InChI is InChI=1S/C19H22FN3O3S/c1-14-12-17(2-3-18(14)20)27(25,26)22-13-15-6-10-23(11-7-15)19(24)16-4-8-21-9-5-16/h2-5,8-9,12,15,22H,6-7,10-11,13H2,1H3. The fourth-order valence-corrected chi connectivity index (χ4v) is 4.31. The number of carbonyl (C=O) groups excluding carboxylic acids is 1. The lowest BCUT2D eigenvalue weighted by molar-refractivity contribution is 0.0692. The number of piperidine rings is 1. The molecule has 0 bridgehead atoms. The minimum atomic E-state index is -3.68. The number of amides is 1. The van der Waals surface area contributed by atoms with Crippen LogP contribution in [0.2, 0.25) is 0 Å². The maximum absolute atomic E-state index is 13.3. The number of hydrogen-bond donors (Lipinski definition) is 1. The molecule has 1 saturated heterocycles. The highest BCUT2D eigenvalue weighted by Crippen LogP contribution is 2.20. The summed E-state index contributed by atoms with van der Waals surface area (Å²) in [5.41, 5.74) is 0.900. The van der Waals surface area contributed by atoms with E-state index < -0.39 is 15.8 Å². The molecule has 27 heavy (non-hydrogen) atoms. The Morgan fingerprint density at radius 3 is 2.52 bits per heavy atom. The third kappa shape index (κ3) is 4.70. The molecule has 144 valence electrons. The molecule has 0 saturated carbocycles. The van der Waals surface area contributed by atoms with Crippen molar-refractivity contribution >= 4 is 15.9 Å². The van der Waals surface area contributed by atoms with Crippen LogP contribution in [0, 0.1) is 18.7 Å². The van der Waals surface area contributed by atoms with E-state index in [1.165, 1.54) is 19.1 Å². The predicted octanol–water partition coefficient (Wildman–Crippen LogP) is 2.36. The number of nitrogens with zero attached hydrogens (tertiary/aromatic N) is 2. The Balaban J connectivity index is 1.53. The van der Waals surface area contributed by atoms with Crippen LogP contribution in [-0.2, 0) is 10.0 Å². The molecule has 1 amide bonds. The summed E-state index contributed by atoms with van der Waals surface area (Å²) in [6.45, 7) is 3.01. The molecule has 2 heterocycles. The van der Waals surface area contributed by atoms with Crippen molar-refractivity contribution in [3.63, 3.8) is 0 Å². The van der Waals surface area contributed by atoms with Crippen LogP contribution in [0.4, 0.5) is 4.39 Å². The monoisotopic (exact) mass is 391 g/mol. The van der Waals surface area contributed by atoms with Crippen molar-refractivity contribution in [1.29, 1.82) is 0 Å². The Labute approximate surface area is 158 Å². The van der Waals surface area contributed by atoms with Gasteiger partial charge < -0.3 is 4.90 Å². The molecule has 0 aliphatic carbocycles. The first kappa shape index (κ1) is 19.4. The number of aromatic nitrogens is 1. The zero-order valence-electron chi connectivity index (χ0n) is 15.1. The van der Waals surface area contributed by atoms with Crippen LogP contribution in [0.3, 0.4) is 0 Å². The molecule has 1 N–H and O–H groups in total. The lowest BCUT2D eigenvalue weighted by atomic mass is 9.97. The average Bonchev–Trinajstić information content (AvgIpc) is 2.69. The fraction of sp³-hybridized carbons (Fsp3) is 0.368. The summed E-state index contributed by atoms with van der Waals surface area (Å²) in [5.74, 6) is -0.304. The highest BCUT2D eigenvalue weighted by Gasteiger charge is 2.25. The minimum Gasteiger partial charge on any atom is -0.339 e. The van der Waals surface area contributed by atoms with Gasteiger partial charge in [-0.15, -0.1) is 0 Å². The molecule has 1 aromatic carbocycles. The van der Waals surface area contributed by atoms with E-state index >= 15 is 0 Å². The van der Waals surface area contributed by atoms with Crippen LogP contribution in [0.5, 0.6) is 0 Å². The van der Waals surface area contributed by atoms with Crippen LogP contribution in [-0.4, -0.2) is 43.8 Å². The molecular weight excluding hydrogens is 369 g/mol. The first-order valence-electron chi connectivity index (χ1n) is 8.82. The molecule has 0 atom stereocenters. The van der Waals surface area contributed by atoms with Gasteiger partial charge >= 0.3 is 0 Å². The number of pyridine rings is 1. The second-order valence-corrected chi connectivity index (χ2v) is 8.50. The third-order valence-corrected chi connectivity index (χ3v) is 6.25. The molecule has 1 aliphatic rings. The highest BCUT2D eigenvalue weighted by molar-refractivity contribution is 7.89. The molecule has 0 unspecified atom stereocenters. The summed E-state index contributed by atoms with van der Waals surface area (Å²) in [5, 5.41) is 0. The lowest BCUT2D eigenvalue weighted by Crippen LogP contribution is -2.41. The van der Waals surface area contributed by atoms with Crippen molar-refractivity contribution < 1.29 is 17.6 Å². The third-order valence-electron chi connectivity index (χ3n) is 4.83. The number of benzene rings is 1. The van der Waals surface area contributed by atoms with Gasteiger partial charge in [-0.1, -0.05) is 0 Å². The molecule has 1 aromatic heterocycles. The van der Waals surface area contributed by atoms with Gasteiger partial charge in [0.25, 0.3) is 5.91 Å². The summed E-state index contributed by atoms with van der Waals surface area (Å²) in [7, 11) is -3.68. The Morgan fingerprint density at radius 1 is 1.22 bits per heavy atom. The second kappa shape index (κ2) is 8.14. The van der Waals surface area contributed by atoms with E-state index in [0.29, 0.717) is 30.8 Å². The van der Waals surface area contributed by atoms with Crippen molar-refractivity contribution in [3.8, 4) is 0 Å². The van der Waals surface area contributed by atoms with Crippen molar-refractivity contribution in [2.75, 3.05) is 19.6 Å². The number of likely N-dealkylation sites (tertiary alicyclic amines) is 1. The molecule has 3 rings (SSSR count). The number of nitrogens with one attached hydrogen (secondary N) is 1. The first-order valence-corrected chi connectivity index (χ1v) is 10.3. The zero-order valence-corrected chi connectivity index (χ0v) is 15.9. The molecule has 0 radical (unpaired) electrons. The van der Waals surface area contributed by atoms with Crippen LogP contribution >= 0.6 is 0 Å². The molecule has 1 aliphatic heterocycles. The van der Waals surface area contributed by atoms with E-state index in [-0.39, 0.29) is 16.7 Å². The van der Waals surface area contributed by atoms with Gasteiger partial charge in [0.05, 0.1) is 4.90 Å². The minimum absolute atomic E-state index is 0.0294. The molecule has 0 spiro atoms. The summed E-state index contributed by atoms with van der Waals surface area (Å²) in [6, 6.07) is 7.13. The Hall–Kier alpha value is -2.32. The quantitative estimate of drug-likeness (QED) is 0.849. The fourth-order valence-electron chi connectivity index (χ4n) is 3.11. The number of hydrogen-bond acceptors (Lipinski definition) is 4. The Morgan fingerprint density at radius 2 is 1.89 bits per heavy atom. The number of halogens is 1. The normalized spacial score (nSPS) is 15.7. The number of sulfonamides is 1. The van der Waals surface area contributed by atoms with Gasteiger partial charge in [0.1, 0.15) is 5.82 Å². The second-order valence-electron chi connectivity index (χ2n) is 6.73. The van der Waals surface area contributed by atoms with Gasteiger partial charge in [-0.25, -0.2) is 17.5 Å². The molecular formula is C19H22FN3O3S. The smallest absolute Gasteiger partial charge is 0.253 e. The van der Waals surface area contributed by atoms with E-state index in [0.717, 1.165) is 18.9 Å². The van der Waals surface area contributed by atoms with Crippen molar-refractivity contribution in [3.05, 3.63) is 59.7 Å². The van der Waals surface area contributed by atoms with Crippen molar-refractivity contribution in [1.82, 2.24) is 14.6 Å². The average molecular weight is 391 g/mol. The Kier molecular flexibility index (Phi) is 5.86. The number of rotatable bonds is 5. The topological polar surface area (TPSA) is 79.4 Å². The summed E-state index contributed by atoms with van der Waals surface area (Å²) in [6.07, 6.45) is 4.63. The van der Waals surface area contributed by atoms with Gasteiger partial charge in [0.2, 0.25) is 10.0 Å². The molecule has 1 fully saturated rings. The van der Waals surface area contributed by atoms with Crippen molar-refractivity contribution in [2.24, 2.45) is 5.92 Å². The molecule has 2 aromatic rings.